The molecule has 0 saturated heterocycles. The van der Waals surface area contributed by atoms with Gasteiger partial charge >= 0.3 is 0 Å². The van der Waals surface area contributed by atoms with E-state index in [2.05, 4.69) is 21.4 Å². The predicted octanol–water partition coefficient (Wildman–Crippen LogP) is 3.99. The van der Waals surface area contributed by atoms with Crippen molar-refractivity contribution in [2.24, 2.45) is 5.84 Å². The lowest BCUT2D eigenvalue weighted by molar-refractivity contribution is 0.547. The Hall–Kier alpha value is -0.940. The summed E-state index contributed by atoms with van der Waals surface area (Å²) in [6, 6.07) is 12.0. The first-order valence-electron chi connectivity index (χ1n) is 5.75. The molecule has 0 amide bonds. The minimum atomic E-state index is -0.280. The van der Waals surface area contributed by atoms with Crippen LogP contribution in [0.15, 0.2) is 46.9 Å². The third kappa shape index (κ3) is 3.76. The summed E-state index contributed by atoms with van der Waals surface area (Å²) < 4.78 is 13.8. The molecule has 3 N–H and O–H groups in total. The second-order valence-electron chi connectivity index (χ2n) is 4.22. The molecule has 2 rings (SSSR count). The van der Waals surface area contributed by atoms with Crippen LogP contribution in [0.1, 0.15) is 17.2 Å². The van der Waals surface area contributed by atoms with Gasteiger partial charge in [0.15, 0.2) is 0 Å². The van der Waals surface area contributed by atoms with Crippen LogP contribution in [-0.4, -0.2) is 0 Å². The molecular weight excluding hydrogens is 331 g/mol. The molecule has 0 aliphatic rings. The van der Waals surface area contributed by atoms with Gasteiger partial charge in [-0.3, -0.25) is 11.3 Å². The van der Waals surface area contributed by atoms with E-state index >= 15 is 0 Å². The molecule has 0 heterocycles. The van der Waals surface area contributed by atoms with Crippen LogP contribution in [0.25, 0.3) is 0 Å². The Balaban J connectivity index is 2.22. The molecule has 2 nitrogen and oxygen atoms in total. The normalized spacial score (nSPS) is 12.4. The van der Waals surface area contributed by atoms with Crippen molar-refractivity contribution in [3.8, 4) is 0 Å². The van der Waals surface area contributed by atoms with Gasteiger partial charge in [0.2, 0.25) is 0 Å². The van der Waals surface area contributed by atoms with Crippen molar-refractivity contribution < 1.29 is 4.39 Å². The first kappa shape index (κ1) is 14.5. The van der Waals surface area contributed by atoms with E-state index in [-0.39, 0.29) is 11.9 Å². The van der Waals surface area contributed by atoms with E-state index < -0.39 is 0 Å². The van der Waals surface area contributed by atoms with Gasteiger partial charge in [-0.15, -0.1) is 0 Å². The largest absolute Gasteiger partial charge is 0.271 e. The average molecular weight is 344 g/mol. The summed E-state index contributed by atoms with van der Waals surface area (Å²) in [5.41, 5.74) is 4.77. The molecule has 19 heavy (non-hydrogen) atoms. The van der Waals surface area contributed by atoms with E-state index in [1.165, 1.54) is 12.1 Å². The molecule has 0 aliphatic carbocycles. The Morgan fingerprint density at radius 1 is 1.21 bits per heavy atom. The molecule has 0 saturated carbocycles. The predicted molar refractivity (Wildman–Crippen MR) is 79.3 cm³/mol. The summed E-state index contributed by atoms with van der Waals surface area (Å²) >= 11 is 9.21. The van der Waals surface area contributed by atoms with E-state index in [0.717, 1.165) is 11.1 Å². The molecule has 2 aromatic rings. The van der Waals surface area contributed by atoms with E-state index in [1.807, 2.05) is 24.3 Å². The standard InChI is InChI=1S/C14H13BrClFN2/c15-13-8-11(17)5-6-12(13)14(19-18)7-9-1-3-10(16)4-2-9/h1-6,8,14,19H,7,18H2. The summed E-state index contributed by atoms with van der Waals surface area (Å²) in [4.78, 5) is 0. The summed E-state index contributed by atoms with van der Waals surface area (Å²) in [5.74, 6) is 5.32. The molecular formula is C14H13BrClFN2. The lowest BCUT2D eigenvalue weighted by atomic mass is 9.99. The monoisotopic (exact) mass is 342 g/mol. The quantitative estimate of drug-likeness (QED) is 0.651. The molecule has 100 valence electrons. The Labute approximate surface area is 124 Å². The van der Waals surface area contributed by atoms with Crippen LogP contribution in [0.4, 0.5) is 4.39 Å². The fourth-order valence-electron chi connectivity index (χ4n) is 1.90. The number of nitrogens with one attached hydrogen (secondary N) is 1. The molecule has 0 aromatic heterocycles. The van der Waals surface area contributed by atoms with Gasteiger partial charge in [0.1, 0.15) is 5.82 Å². The molecule has 1 unspecified atom stereocenters. The number of hydrogen-bond acceptors (Lipinski definition) is 2. The summed E-state index contributed by atoms with van der Waals surface area (Å²) in [7, 11) is 0. The fourth-order valence-corrected chi connectivity index (χ4v) is 2.65. The van der Waals surface area contributed by atoms with Gasteiger partial charge in [-0.05, 0) is 41.8 Å². The highest BCUT2D eigenvalue weighted by Gasteiger charge is 2.14. The SMILES string of the molecule is NNC(Cc1ccc(Cl)cc1)c1ccc(F)cc1Br. The van der Waals surface area contributed by atoms with E-state index in [9.17, 15) is 4.39 Å². The fraction of sp³-hybridized carbons (Fsp3) is 0.143. The lowest BCUT2D eigenvalue weighted by Gasteiger charge is -2.18. The highest BCUT2D eigenvalue weighted by molar-refractivity contribution is 9.10. The van der Waals surface area contributed by atoms with E-state index in [4.69, 9.17) is 17.4 Å². The van der Waals surface area contributed by atoms with Crippen molar-refractivity contribution >= 4 is 27.5 Å². The highest BCUT2D eigenvalue weighted by atomic mass is 79.9. The average Bonchev–Trinajstić information content (AvgIpc) is 2.39. The number of nitrogens with two attached hydrogens (primary N) is 1. The van der Waals surface area contributed by atoms with Crippen molar-refractivity contribution in [2.75, 3.05) is 0 Å². The Kier molecular flexibility index (Phi) is 4.93. The Bertz CT molecular complexity index is 560. The zero-order chi connectivity index (χ0) is 13.8. The Morgan fingerprint density at radius 2 is 1.89 bits per heavy atom. The van der Waals surface area contributed by atoms with Crippen LogP contribution in [0, 0.1) is 5.82 Å². The van der Waals surface area contributed by atoms with Crippen LogP contribution >= 0.6 is 27.5 Å². The van der Waals surface area contributed by atoms with Crippen molar-refractivity contribution in [2.45, 2.75) is 12.5 Å². The van der Waals surface area contributed by atoms with Gasteiger partial charge in [-0.1, -0.05) is 45.7 Å². The Morgan fingerprint density at radius 3 is 2.47 bits per heavy atom. The number of halogens is 3. The van der Waals surface area contributed by atoms with Crippen molar-refractivity contribution in [1.82, 2.24) is 5.43 Å². The number of benzene rings is 2. The van der Waals surface area contributed by atoms with Gasteiger partial charge in [-0.25, -0.2) is 4.39 Å². The molecule has 5 heteroatoms. The van der Waals surface area contributed by atoms with Gasteiger partial charge in [0, 0.05) is 9.50 Å². The number of hydrogen-bond donors (Lipinski definition) is 2. The van der Waals surface area contributed by atoms with E-state index in [1.54, 1.807) is 6.07 Å². The maximum atomic E-state index is 13.1. The first-order valence-corrected chi connectivity index (χ1v) is 6.93. The topological polar surface area (TPSA) is 38.0 Å². The van der Waals surface area contributed by atoms with Crippen LogP contribution < -0.4 is 11.3 Å². The zero-order valence-electron chi connectivity index (χ0n) is 10.0. The van der Waals surface area contributed by atoms with Crippen molar-refractivity contribution in [3.63, 3.8) is 0 Å². The lowest BCUT2D eigenvalue weighted by Crippen LogP contribution is -2.29. The smallest absolute Gasteiger partial charge is 0.124 e. The van der Waals surface area contributed by atoms with Crippen LogP contribution in [-0.2, 0) is 6.42 Å². The second-order valence-corrected chi connectivity index (χ2v) is 5.51. The van der Waals surface area contributed by atoms with Crippen LogP contribution in [0.2, 0.25) is 5.02 Å². The van der Waals surface area contributed by atoms with E-state index in [0.29, 0.717) is 15.9 Å². The molecule has 2 aromatic carbocycles. The molecule has 1 atom stereocenters. The summed E-state index contributed by atoms with van der Waals surface area (Å²) in [6.45, 7) is 0. The summed E-state index contributed by atoms with van der Waals surface area (Å²) in [5, 5.41) is 0.698. The van der Waals surface area contributed by atoms with Crippen LogP contribution in [0.3, 0.4) is 0 Å². The molecule has 0 aliphatic heterocycles. The molecule has 0 spiro atoms. The number of hydrazine groups is 1. The molecule has 0 radical (unpaired) electrons. The minimum absolute atomic E-state index is 0.101. The minimum Gasteiger partial charge on any atom is -0.271 e. The molecule has 0 fully saturated rings. The van der Waals surface area contributed by atoms with Crippen molar-refractivity contribution in [1.29, 1.82) is 0 Å². The third-order valence-electron chi connectivity index (χ3n) is 2.89. The third-order valence-corrected chi connectivity index (χ3v) is 3.83. The van der Waals surface area contributed by atoms with Crippen molar-refractivity contribution in [3.05, 3.63) is 68.9 Å². The maximum Gasteiger partial charge on any atom is 0.124 e. The van der Waals surface area contributed by atoms with Gasteiger partial charge in [0.25, 0.3) is 0 Å². The second kappa shape index (κ2) is 6.48. The van der Waals surface area contributed by atoms with Gasteiger partial charge < -0.3 is 0 Å². The maximum absolute atomic E-state index is 13.1. The summed E-state index contributed by atoms with van der Waals surface area (Å²) in [6.07, 6.45) is 0.692. The first-order chi connectivity index (χ1) is 9.10. The number of rotatable bonds is 4. The van der Waals surface area contributed by atoms with Crippen LogP contribution in [0.5, 0.6) is 0 Å². The van der Waals surface area contributed by atoms with Gasteiger partial charge in [0.05, 0.1) is 6.04 Å². The zero-order valence-corrected chi connectivity index (χ0v) is 12.4. The van der Waals surface area contributed by atoms with Gasteiger partial charge in [-0.2, -0.15) is 0 Å². The molecule has 0 bridgehead atoms. The highest BCUT2D eigenvalue weighted by Crippen LogP contribution is 2.26.